The minimum absolute atomic E-state index is 0.0906. The molecule has 7 nitrogen and oxygen atoms in total. The summed E-state index contributed by atoms with van der Waals surface area (Å²) in [5.74, 6) is 0.269. The molecule has 1 unspecified atom stereocenters. The number of hydrogen-bond acceptors (Lipinski definition) is 6. The van der Waals surface area contributed by atoms with Crippen LogP contribution in [0.5, 0.6) is 0 Å². The van der Waals surface area contributed by atoms with E-state index in [9.17, 15) is 9.18 Å². The first-order valence-corrected chi connectivity index (χ1v) is 10.3. The van der Waals surface area contributed by atoms with Crippen molar-refractivity contribution in [2.75, 3.05) is 43.4 Å². The molecule has 1 aromatic rings. The number of amides is 1. The van der Waals surface area contributed by atoms with Crippen molar-refractivity contribution in [2.24, 2.45) is 5.41 Å². The molecule has 0 aromatic carbocycles. The van der Waals surface area contributed by atoms with Crippen molar-refractivity contribution in [2.45, 2.75) is 58.5 Å². The van der Waals surface area contributed by atoms with Gasteiger partial charge in [-0.05, 0) is 31.1 Å². The molecule has 8 heteroatoms. The standard InChI is InChI=1S/C20H33FN6O/c1-20(2,3)12-23-15-8-6-10-27(19(15)28)14-7-5-9-26(11-14)18-16(21)17(22-4)24-13-25-18/h13-15,23H,5-12H2,1-4H3,(H,22,24,25)/t14-,15?/m1/s1. The summed E-state index contributed by atoms with van der Waals surface area (Å²) in [5.41, 5.74) is 0.139. The summed E-state index contributed by atoms with van der Waals surface area (Å²) < 4.78 is 14.7. The van der Waals surface area contributed by atoms with Gasteiger partial charge in [0.15, 0.2) is 11.6 Å². The molecule has 0 saturated carbocycles. The Kier molecular flexibility index (Phi) is 6.37. The number of rotatable bonds is 5. The van der Waals surface area contributed by atoms with Crippen molar-refractivity contribution in [1.82, 2.24) is 20.2 Å². The highest BCUT2D eigenvalue weighted by molar-refractivity contribution is 5.83. The summed E-state index contributed by atoms with van der Waals surface area (Å²) in [7, 11) is 1.64. The fourth-order valence-corrected chi connectivity index (χ4v) is 4.04. The van der Waals surface area contributed by atoms with Gasteiger partial charge in [-0.15, -0.1) is 0 Å². The molecule has 2 aliphatic rings. The zero-order chi connectivity index (χ0) is 20.3. The lowest BCUT2D eigenvalue weighted by atomic mass is 9.94. The minimum Gasteiger partial charge on any atom is -0.371 e. The van der Waals surface area contributed by atoms with E-state index in [0.29, 0.717) is 12.4 Å². The van der Waals surface area contributed by atoms with Crippen molar-refractivity contribution in [3.05, 3.63) is 12.1 Å². The number of carbonyl (C=O) groups is 1. The van der Waals surface area contributed by atoms with E-state index in [1.54, 1.807) is 7.05 Å². The van der Waals surface area contributed by atoms with E-state index < -0.39 is 5.82 Å². The third kappa shape index (κ3) is 4.71. The average Bonchev–Trinajstić information content (AvgIpc) is 2.67. The van der Waals surface area contributed by atoms with E-state index in [1.807, 2.05) is 9.80 Å². The second kappa shape index (κ2) is 8.59. The van der Waals surface area contributed by atoms with Crippen molar-refractivity contribution in [1.29, 1.82) is 0 Å². The van der Waals surface area contributed by atoms with Gasteiger partial charge in [-0.25, -0.2) is 9.97 Å². The Morgan fingerprint density at radius 2 is 1.96 bits per heavy atom. The van der Waals surface area contributed by atoms with Crippen molar-refractivity contribution < 1.29 is 9.18 Å². The summed E-state index contributed by atoms with van der Waals surface area (Å²) in [5, 5.41) is 6.22. The van der Waals surface area contributed by atoms with Crippen LogP contribution in [-0.2, 0) is 4.79 Å². The Morgan fingerprint density at radius 1 is 1.21 bits per heavy atom. The van der Waals surface area contributed by atoms with Crippen molar-refractivity contribution in [3.63, 3.8) is 0 Å². The van der Waals surface area contributed by atoms with E-state index >= 15 is 0 Å². The Labute approximate surface area is 167 Å². The van der Waals surface area contributed by atoms with Gasteiger partial charge in [-0.1, -0.05) is 20.8 Å². The van der Waals surface area contributed by atoms with Crippen molar-refractivity contribution >= 4 is 17.5 Å². The number of nitrogens with one attached hydrogen (secondary N) is 2. The molecular formula is C20H33FN6O. The second-order valence-corrected chi connectivity index (χ2v) is 9.02. The Bertz CT molecular complexity index is 692. The monoisotopic (exact) mass is 392 g/mol. The largest absolute Gasteiger partial charge is 0.371 e. The second-order valence-electron chi connectivity index (χ2n) is 9.02. The lowest BCUT2D eigenvalue weighted by Gasteiger charge is -2.43. The highest BCUT2D eigenvalue weighted by Gasteiger charge is 2.36. The molecule has 156 valence electrons. The third-order valence-electron chi connectivity index (χ3n) is 5.50. The molecule has 28 heavy (non-hydrogen) atoms. The summed E-state index contributed by atoms with van der Waals surface area (Å²) in [4.78, 5) is 25.1. The van der Waals surface area contributed by atoms with E-state index in [-0.39, 0.29) is 29.2 Å². The molecule has 2 fully saturated rings. The van der Waals surface area contributed by atoms with Crippen LogP contribution in [0, 0.1) is 11.2 Å². The molecule has 0 bridgehead atoms. The number of nitrogens with zero attached hydrogens (tertiary/aromatic N) is 4. The number of likely N-dealkylation sites (tertiary alicyclic amines) is 1. The number of anilines is 2. The zero-order valence-corrected chi connectivity index (χ0v) is 17.5. The summed E-state index contributed by atoms with van der Waals surface area (Å²) >= 11 is 0. The van der Waals surface area contributed by atoms with Gasteiger partial charge in [0.05, 0.1) is 6.04 Å². The van der Waals surface area contributed by atoms with Gasteiger partial charge < -0.3 is 20.4 Å². The third-order valence-corrected chi connectivity index (χ3v) is 5.50. The van der Waals surface area contributed by atoms with Crippen molar-refractivity contribution in [3.8, 4) is 0 Å². The molecule has 0 aliphatic carbocycles. The smallest absolute Gasteiger partial charge is 0.240 e. The normalized spacial score (nSPS) is 23.8. The number of carbonyl (C=O) groups excluding carboxylic acids is 1. The van der Waals surface area contributed by atoms with E-state index in [2.05, 4.69) is 41.4 Å². The van der Waals surface area contributed by atoms with Gasteiger partial charge in [0.2, 0.25) is 11.7 Å². The Hall–Kier alpha value is -1.96. The molecule has 2 N–H and O–H groups in total. The molecule has 2 atom stereocenters. The van der Waals surface area contributed by atoms with Gasteiger partial charge in [-0.3, -0.25) is 4.79 Å². The van der Waals surface area contributed by atoms with Gasteiger partial charge in [0.1, 0.15) is 6.33 Å². The fourth-order valence-electron chi connectivity index (χ4n) is 4.04. The van der Waals surface area contributed by atoms with Gasteiger partial charge in [0, 0.05) is 39.3 Å². The first-order valence-electron chi connectivity index (χ1n) is 10.3. The maximum absolute atomic E-state index is 14.7. The van der Waals surface area contributed by atoms with Crippen LogP contribution in [0.2, 0.25) is 0 Å². The van der Waals surface area contributed by atoms with E-state index in [0.717, 1.165) is 45.3 Å². The molecule has 1 aromatic heterocycles. The molecule has 2 aliphatic heterocycles. The van der Waals surface area contributed by atoms with Gasteiger partial charge in [-0.2, -0.15) is 4.39 Å². The van der Waals surface area contributed by atoms with Crippen LogP contribution in [0.25, 0.3) is 0 Å². The van der Waals surface area contributed by atoms with Crippen LogP contribution in [0.4, 0.5) is 16.0 Å². The van der Waals surface area contributed by atoms with Crippen LogP contribution < -0.4 is 15.5 Å². The minimum atomic E-state index is -0.430. The summed E-state index contributed by atoms with van der Waals surface area (Å²) in [6.07, 6.45) is 5.11. The molecule has 0 spiro atoms. The Balaban J connectivity index is 1.69. The number of piperidine rings is 2. The first-order chi connectivity index (χ1) is 13.3. The topological polar surface area (TPSA) is 73.4 Å². The van der Waals surface area contributed by atoms with E-state index in [4.69, 9.17) is 0 Å². The predicted octanol–water partition coefficient (Wildman–Crippen LogP) is 2.25. The molecule has 1 amide bonds. The summed E-state index contributed by atoms with van der Waals surface area (Å²) in [6.45, 7) is 9.43. The molecule has 3 heterocycles. The highest BCUT2D eigenvalue weighted by atomic mass is 19.1. The number of halogens is 1. The lowest BCUT2D eigenvalue weighted by molar-refractivity contribution is -0.138. The SMILES string of the molecule is CNc1ncnc(N2CCC[C@@H](N3CCCC(NCC(C)(C)C)C3=O)C2)c1F. The lowest BCUT2D eigenvalue weighted by Crippen LogP contribution is -2.58. The number of hydrogen-bond donors (Lipinski definition) is 2. The molecule has 2 saturated heterocycles. The summed E-state index contributed by atoms with van der Waals surface area (Å²) in [6, 6.07) is -0.0251. The molecule has 0 radical (unpaired) electrons. The molecular weight excluding hydrogens is 359 g/mol. The van der Waals surface area contributed by atoms with Crippen LogP contribution in [0.3, 0.4) is 0 Å². The quantitative estimate of drug-likeness (QED) is 0.801. The molecule has 3 rings (SSSR count). The zero-order valence-electron chi connectivity index (χ0n) is 17.5. The van der Waals surface area contributed by atoms with Gasteiger partial charge >= 0.3 is 0 Å². The van der Waals surface area contributed by atoms with E-state index in [1.165, 1.54) is 6.33 Å². The predicted molar refractivity (Wildman–Crippen MR) is 109 cm³/mol. The van der Waals surface area contributed by atoms with Crippen LogP contribution in [-0.4, -0.2) is 66.1 Å². The number of aromatic nitrogens is 2. The fraction of sp³-hybridized carbons (Fsp3) is 0.750. The first kappa shape index (κ1) is 20.8. The highest BCUT2D eigenvalue weighted by Crippen LogP contribution is 2.27. The van der Waals surface area contributed by atoms with Gasteiger partial charge in [0.25, 0.3) is 0 Å². The Morgan fingerprint density at radius 3 is 2.68 bits per heavy atom. The van der Waals surface area contributed by atoms with Crippen LogP contribution in [0.15, 0.2) is 6.33 Å². The maximum atomic E-state index is 14.7. The maximum Gasteiger partial charge on any atom is 0.240 e. The van der Waals surface area contributed by atoms with Crippen LogP contribution >= 0.6 is 0 Å². The van der Waals surface area contributed by atoms with Crippen LogP contribution in [0.1, 0.15) is 46.5 Å². The average molecular weight is 393 g/mol.